The van der Waals surface area contributed by atoms with Crippen LogP contribution in [0.1, 0.15) is 55.3 Å². The molecule has 1 aliphatic carbocycles. The number of carbonyl (C=O) groups excluding carboxylic acids is 4. The lowest BCUT2D eigenvalue weighted by atomic mass is 10.1. The molecule has 1 saturated carbocycles. The largest absolute Gasteiger partial charge is 0.452 e. The fraction of sp³-hybridized carbons (Fsp3) is 0.545. The lowest BCUT2D eigenvalue weighted by Gasteiger charge is -2.33. The molecular formula is C22H27N3O7S. The van der Waals surface area contributed by atoms with Crippen LogP contribution in [-0.2, 0) is 29.0 Å². The van der Waals surface area contributed by atoms with Crippen molar-refractivity contribution in [2.45, 2.75) is 57.0 Å². The molecule has 10 nitrogen and oxygen atoms in total. The number of nitrogens with zero attached hydrogens (tertiary/aromatic N) is 2. The van der Waals surface area contributed by atoms with E-state index in [1.807, 2.05) is 0 Å². The first kappa shape index (κ1) is 23.2. The molecule has 3 aliphatic rings. The zero-order valence-electron chi connectivity index (χ0n) is 18.2. The van der Waals surface area contributed by atoms with Gasteiger partial charge in [0.2, 0.25) is 11.8 Å². The minimum absolute atomic E-state index is 0.0222. The maximum absolute atomic E-state index is 13.0. The van der Waals surface area contributed by atoms with E-state index in [9.17, 15) is 27.6 Å². The van der Waals surface area contributed by atoms with E-state index in [2.05, 4.69) is 5.43 Å². The van der Waals surface area contributed by atoms with Crippen LogP contribution in [0.25, 0.3) is 0 Å². The molecule has 3 fully saturated rings. The van der Waals surface area contributed by atoms with Gasteiger partial charge in [-0.25, -0.2) is 18.2 Å². The number of anilines is 1. The van der Waals surface area contributed by atoms with Crippen molar-refractivity contribution in [1.29, 1.82) is 0 Å². The van der Waals surface area contributed by atoms with Gasteiger partial charge in [-0.05, 0) is 43.5 Å². The van der Waals surface area contributed by atoms with E-state index in [4.69, 9.17) is 4.74 Å². The van der Waals surface area contributed by atoms with Gasteiger partial charge in [0.1, 0.15) is 0 Å². The molecule has 33 heavy (non-hydrogen) atoms. The highest BCUT2D eigenvalue weighted by molar-refractivity contribution is 7.91. The van der Waals surface area contributed by atoms with Crippen LogP contribution in [0.4, 0.5) is 5.69 Å². The Morgan fingerprint density at radius 3 is 2.36 bits per heavy atom. The molecule has 0 aromatic heterocycles. The summed E-state index contributed by atoms with van der Waals surface area (Å²) in [5, 5.41) is 1.14. The molecule has 178 valence electrons. The van der Waals surface area contributed by atoms with Crippen LogP contribution < -0.4 is 10.4 Å². The number of ether oxygens (including phenoxy) is 1. The number of carbonyl (C=O) groups is 4. The normalized spacial score (nSPS) is 22.8. The van der Waals surface area contributed by atoms with E-state index in [1.54, 1.807) is 4.90 Å². The van der Waals surface area contributed by atoms with Gasteiger partial charge in [-0.15, -0.1) is 0 Å². The zero-order chi connectivity index (χ0) is 23.6. The second-order valence-corrected chi connectivity index (χ2v) is 10.9. The minimum Gasteiger partial charge on any atom is -0.452 e. The number of rotatable bonds is 6. The Morgan fingerprint density at radius 2 is 1.73 bits per heavy atom. The third kappa shape index (κ3) is 5.35. The molecule has 1 atom stereocenters. The summed E-state index contributed by atoms with van der Waals surface area (Å²) in [6.07, 6.45) is 4.27. The number of sulfone groups is 1. The molecule has 4 rings (SSSR count). The molecule has 2 saturated heterocycles. The van der Waals surface area contributed by atoms with Crippen molar-refractivity contribution >= 4 is 39.2 Å². The third-order valence-electron chi connectivity index (χ3n) is 6.35. The number of benzene rings is 1. The minimum atomic E-state index is -3.15. The van der Waals surface area contributed by atoms with Crippen LogP contribution in [0.2, 0.25) is 0 Å². The zero-order valence-corrected chi connectivity index (χ0v) is 19.0. The number of amides is 3. The van der Waals surface area contributed by atoms with Crippen molar-refractivity contribution in [1.82, 2.24) is 10.3 Å². The topological polar surface area (TPSA) is 130 Å². The van der Waals surface area contributed by atoms with Gasteiger partial charge < -0.3 is 9.64 Å². The molecule has 0 bridgehead atoms. The van der Waals surface area contributed by atoms with Crippen LogP contribution >= 0.6 is 0 Å². The molecular weight excluding hydrogens is 450 g/mol. The Labute approximate surface area is 192 Å². The van der Waals surface area contributed by atoms with Crippen LogP contribution in [0, 0.1) is 0 Å². The van der Waals surface area contributed by atoms with E-state index < -0.39 is 22.4 Å². The first-order valence-electron chi connectivity index (χ1n) is 11.1. The quantitative estimate of drug-likeness (QED) is 0.604. The van der Waals surface area contributed by atoms with Crippen molar-refractivity contribution in [3.63, 3.8) is 0 Å². The summed E-state index contributed by atoms with van der Waals surface area (Å²) in [6, 6.07) is 5.53. The Balaban J connectivity index is 1.38. The van der Waals surface area contributed by atoms with Gasteiger partial charge in [-0.1, -0.05) is 12.8 Å². The van der Waals surface area contributed by atoms with Gasteiger partial charge in [-0.3, -0.25) is 19.8 Å². The molecule has 3 amide bonds. The van der Waals surface area contributed by atoms with Gasteiger partial charge in [0, 0.05) is 24.9 Å². The van der Waals surface area contributed by atoms with E-state index in [0.717, 1.165) is 30.7 Å². The van der Waals surface area contributed by atoms with Crippen molar-refractivity contribution < 1.29 is 32.3 Å². The first-order valence-corrected chi connectivity index (χ1v) is 13.0. The predicted molar refractivity (Wildman–Crippen MR) is 118 cm³/mol. The SMILES string of the molecule is O=C1CCC(=O)N(c2ccc(C(=O)OCC(=O)N(C3CCCC3)C3CCS(=O)(=O)C3)cc2)N1. The monoisotopic (exact) mass is 477 g/mol. The Hall–Kier alpha value is -2.95. The lowest BCUT2D eigenvalue weighted by Crippen LogP contribution is -2.50. The number of hydrogen-bond donors (Lipinski definition) is 1. The third-order valence-corrected chi connectivity index (χ3v) is 8.10. The fourth-order valence-corrected chi connectivity index (χ4v) is 6.41. The van der Waals surface area contributed by atoms with Gasteiger partial charge in [0.25, 0.3) is 5.91 Å². The van der Waals surface area contributed by atoms with Crippen LogP contribution in [0.15, 0.2) is 24.3 Å². The summed E-state index contributed by atoms with van der Waals surface area (Å²) in [5.74, 6) is -1.57. The highest BCUT2D eigenvalue weighted by atomic mass is 32.2. The smallest absolute Gasteiger partial charge is 0.338 e. The first-order chi connectivity index (χ1) is 15.7. The summed E-state index contributed by atoms with van der Waals surface area (Å²) in [4.78, 5) is 50.6. The van der Waals surface area contributed by atoms with Crippen LogP contribution in [-0.4, -0.2) is 67.2 Å². The molecule has 2 aliphatic heterocycles. The molecule has 2 heterocycles. The number of nitrogens with one attached hydrogen (secondary N) is 1. The van der Waals surface area contributed by atoms with E-state index in [-0.39, 0.29) is 59.7 Å². The Kier molecular flexibility index (Phi) is 6.68. The fourth-order valence-electron chi connectivity index (χ4n) is 4.70. The highest BCUT2D eigenvalue weighted by Crippen LogP contribution is 2.29. The van der Waals surface area contributed by atoms with Crippen LogP contribution in [0.3, 0.4) is 0 Å². The maximum Gasteiger partial charge on any atom is 0.338 e. The Bertz CT molecular complexity index is 1050. The summed E-state index contributed by atoms with van der Waals surface area (Å²) in [6.45, 7) is -0.464. The highest BCUT2D eigenvalue weighted by Gasteiger charge is 2.39. The molecule has 0 radical (unpaired) electrons. The van der Waals surface area contributed by atoms with Gasteiger partial charge in [0.05, 0.1) is 22.8 Å². The van der Waals surface area contributed by atoms with Crippen LogP contribution in [0.5, 0.6) is 0 Å². The summed E-state index contributed by atoms with van der Waals surface area (Å²) in [5.41, 5.74) is 3.08. The molecule has 1 aromatic carbocycles. The van der Waals surface area contributed by atoms with Crippen molar-refractivity contribution in [2.24, 2.45) is 0 Å². The van der Waals surface area contributed by atoms with Crippen molar-refractivity contribution in [3.05, 3.63) is 29.8 Å². The van der Waals surface area contributed by atoms with Gasteiger partial charge in [0.15, 0.2) is 16.4 Å². The number of esters is 1. The average molecular weight is 478 g/mol. The van der Waals surface area contributed by atoms with Crippen molar-refractivity contribution in [3.8, 4) is 0 Å². The number of hydrazine groups is 1. The van der Waals surface area contributed by atoms with E-state index in [0.29, 0.717) is 12.1 Å². The Morgan fingerprint density at radius 1 is 1.03 bits per heavy atom. The molecule has 1 unspecified atom stereocenters. The second kappa shape index (κ2) is 9.50. The van der Waals surface area contributed by atoms with Gasteiger partial charge in [-0.2, -0.15) is 0 Å². The van der Waals surface area contributed by atoms with Gasteiger partial charge >= 0.3 is 5.97 Å². The molecule has 1 aromatic rings. The molecule has 0 spiro atoms. The standard InChI is InChI=1S/C22H27N3O7S/c26-19-9-10-20(27)25(23-19)17-7-5-15(6-8-17)22(29)32-13-21(28)24(16-3-1-2-4-16)18-11-12-33(30,31)14-18/h5-8,16,18H,1-4,9-14H2,(H,23,26). The summed E-state index contributed by atoms with van der Waals surface area (Å²) < 4.78 is 29.1. The molecule has 11 heteroatoms. The average Bonchev–Trinajstić information content (AvgIpc) is 3.44. The van der Waals surface area contributed by atoms with E-state index in [1.165, 1.54) is 24.3 Å². The second-order valence-electron chi connectivity index (χ2n) is 8.68. The molecule has 1 N–H and O–H groups in total. The lowest BCUT2D eigenvalue weighted by molar-refractivity contribution is -0.139. The summed E-state index contributed by atoms with van der Waals surface area (Å²) in [7, 11) is -3.15. The summed E-state index contributed by atoms with van der Waals surface area (Å²) >= 11 is 0. The predicted octanol–water partition coefficient (Wildman–Crippen LogP) is 0.960. The van der Waals surface area contributed by atoms with Crippen molar-refractivity contribution in [2.75, 3.05) is 23.1 Å². The number of hydrogen-bond acceptors (Lipinski definition) is 7. The van der Waals surface area contributed by atoms with E-state index >= 15 is 0 Å². The maximum atomic E-state index is 13.0.